The van der Waals surface area contributed by atoms with Crippen LogP contribution in [0, 0.1) is 26.8 Å². The van der Waals surface area contributed by atoms with E-state index in [4.69, 9.17) is 0 Å². The van der Waals surface area contributed by atoms with Crippen molar-refractivity contribution < 1.29 is 17.6 Å². The van der Waals surface area contributed by atoms with Gasteiger partial charge in [-0.05, 0) is 22.6 Å². The third kappa shape index (κ3) is 1.83. The number of halogens is 6. The van der Waals surface area contributed by atoms with Gasteiger partial charge in [-0.1, -0.05) is 15.9 Å². The second-order valence-corrected chi connectivity index (χ2v) is 3.82. The normalized spacial score (nSPS) is 10.6. The second kappa shape index (κ2) is 4.12. The molecule has 0 spiro atoms. The first kappa shape index (κ1) is 11.2. The molecule has 0 atom stereocenters. The topological polar surface area (TPSA) is 0 Å². The van der Waals surface area contributed by atoms with Gasteiger partial charge < -0.3 is 0 Å². The highest BCUT2D eigenvalue weighted by molar-refractivity contribution is 14.1. The van der Waals surface area contributed by atoms with E-state index >= 15 is 0 Å². The summed E-state index contributed by atoms with van der Waals surface area (Å²) < 4.78 is 50.7. The summed E-state index contributed by atoms with van der Waals surface area (Å²) in [5.74, 6) is -5.40. The first-order valence-electron chi connectivity index (χ1n) is 3.07. The number of rotatable bonds is 1. The van der Waals surface area contributed by atoms with Gasteiger partial charge in [-0.15, -0.1) is 0 Å². The lowest BCUT2D eigenvalue weighted by Crippen LogP contribution is -2.04. The standard InChI is InChI=1S/C7H2BrF4I/c8-1-2-3(9)5(11)7(13)6(12)4(2)10/h1H2. The van der Waals surface area contributed by atoms with Crippen LogP contribution in [0.4, 0.5) is 17.6 Å². The summed E-state index contributed by atoms with van der Waals surface area (Å²) in [5, 5.41) is -0.268. The molecule has 0 unspecified atom stereocenters. The first-order valence-corrected chi connectivity index (χ1v) is 5.27. The zero-order chi connectivity index (χ0) is 10.2. The average Bonchev–Trinajstić information content (AvgIpc) is 2.13. The van der Waals surface area contributed by atoms with Crippen molar-refractivity contribution in [2.75, 3.05) is 0 Å². The molecule has 0 saturated carbocycles. The van der Waals surface area contributed by atoms with Crippen molar-refractivity contribution in [3.05, 3.63) is 32.4 Å². The molecular weight excluding hydrogens is 367 g/mol. The van der Waals surface area contributed by atoms with Gasteiger partial charge in [0.1, 0.15) is 0 Å². The van der Waals surface area contributed by atoms with Crippen molar-refractivity contribution >= 4 is 38.5 Å². The van der Waals surface area contributed by atoms with Crippen LogP contribution in [0.25, 0.3) is 0 Å². The van der Waals surface area contributed by atoms with Crippen LogP contribution in [0.3, 0.4) is 0 Å². The fraction of sp³-hybridized carbons (Fsp3) is 0.143. The molecule has 0 aliphatic heterocycles. The van der Waals surface area contributed by atoms with Crippen molar-refractivity contribution in [1.82, 2.24) is 0 Å². The number of alkyl halides is 1. The van der Waals surface area contributed by atoms with Crippen LogP contribution in [0.15, 0.2) is 0 Å². The van der Waals surface area contributed by atoms with Crippen LogP contribution in [0.1, 0.15) is 5.56 Å². The van der Waals surface area contributed by atoms with Gasteiger partial charge >= 0.3 is 0 Å². The van der Waals surface area contributed by atoms with Gasteiger partial charge in [0.15, 0.2) is 23.3 Å². The molecule has 1 rings (SSSR count). The fourth-order valence-corrected chi connectivity index (χ4v) is 1.73. The summed E-state index contributed by atoms with van der Waals surface area (Å²) >= 11 is 3.94. The summed E-state index contributed by atoms with van der Waals surface area (Å²) in [4.78, 5) is 0. The van der Waals surface area contributed by atoms with Gasteiger partial charge in [0.2, 0.25) is 0 Å². The van der Waals surface area contributed by atoms with Crippen molar-refractivity contribution in [2.45, 2.75) is 5.33 Å². The van der Waals surface area contributed by atoms with E-state index in [1.54, 1.807) is 0 Å². The SMILES string of the molecule is Fc1c(F)c(CBr)c(F)c(F)c1I. The molecule has 0 bridgehead atoms. The molecule has 0 radical (unpaired) electrons. The Labute approximate surface area is 93.6 Å². The Kier molecular flexibility index (Phi) is 3.56. The Morgan fingerprint density at radius 2 is 1.31 bits per heavy atom. The molecule has 0 aromatic heterocycles. The monoisotopic (exact) mass is 368 g/mol. The van der Waals surface area contributed by atoms with E-state index in [0.29, 0.717) is 0 Å². The van der Waals surface area contributed by atoms with Gasteiger partial charge in [0.05, 0.1) is 3.57 Å². The minimum absolute atomic E-state index is 0.268. The maximum atomic E-state index is 12.9. The smallest absolute Gasteiger partial charge is 0.175 e. The summed E-state index contributed by atoms with van der Waals surface area (Å²) in [6, 6.07) is 0. The first-order chi connectivity index (χ1) is 6.00. The maximum Gasteiger partial charge on any atom is 0.175 e. The average molecular weight is 369 g/mol. The highest BCUT2D eigenvalue weighted by Gasteiger charge is 2.22. The molecule has 0 saturated heterocycles. The van der Waals surface area contributed by atoms with E-state index < -0.39 is 32.4 Å². The Morgan fingerprint density at radius 1 is 0.923 bits per heavy atom. The molecule has 13 heavy (non-hydrogen) atoms. The van der Waals surface area contributed by atoms with Gasteiger partial charge in [-0.3, -0.25) is 0 Å². The summed E-state index contributed by atoms with van der Waals surface area (Å²) in [6.45, 7) is 0. The van der Waals surface area contributed by atoms with Crippen molar-refractivity contribution in [3.63, 3.8) is 0 Å². The lowest BCUT2D eigenvalue weighted by molar-refractivity contribution is 0.436. The highest BCUT2D eigenvalue weighted by atomic mass is 127. The van der Waals surface area contributed by atoms with Crippen LogP contribution < -0.4 is 0 Å². The second-order valence-electron chi connectivity index (χ2n) is 2.18. The molecule has 0 N–H and O–H groups in total. The molecule has 0 heterocycles. The van der Waals surface area contributed by atoms with E-state index in [1.165, 1.54) is 22.6 Å². The molecule has 0 fully saturated rings. The number of benzene rings is 1. The summed E-state index contributed by atoms with van der Waals surface area (Å²) in [6.07, 6.45) is 0. The molecule has 72 valence electrons. The van der Waals surface area contributed by atoms with E-state index in [-0.39, 0.29) is 5.33 Å². The molecule has 0 aliphatic rings. The van der Waals surface area contributed by atoms with Crippen LogP contribution >= 0.6 is 38.5 Å². The Balaban J connectivity index is 3.56. The lowest BCUT2D eigenvalue weighted by Gasteiger charge is -2.05. The van der Waals surface area contributed by atoms with Gasteiger partial charge in [0.25, 0.3) is 0 Å². The largest absolute Gasteiger partial charge is 0.203 e. The van der Waals surface area contributed by atoms with Crippen LogP contribution in [-0.4, -0.2) is 0 Å². The summed E-state index contributed by atoms with van der Waals surface area (Å²) in [5.41, 5.74) is -0.629. The van der Waals surface area contributed by atoms with Crippen molar-refractivity contribution in [3.8, 4) is 0 Å². The molecule has 0 aliphatic carbocycles. The Hall–Kier alpha value is 0.150. The maximum absolute atomic E-state index is 12.9. The molecule has 1 aromatic carbocycles. The summed E-state index contributed by atoms with van der Waals surface area (Å²) in [7, 11) is 0. The quantitative estimate of drug-likeness (QED) is 0.233. The van der Waals surface area contributed by atoms with E-state index in [2.05, 4.69) is 15.9 Å². The molecule has 0 nitrogen and oxygen atoms in total. The predicted molar refractivity (Wildman–Crippen MR) is 51.6 cm³/mol. The van der Waals surface area contributed by atoms with Gasteiger partial charge in [-0.2, -0.15) is 0 Å². The number of hydrogen-bond acceptors (Lipinski definition) is 0. The van der Waals surface area contributed by atoms with Crippen molar-refractivity contribution in [1.29, 1.82) is 0 Å². The molecule has 0 amide bonds. The van der Waals surface area contributed by atoms with Gasteiger partial charge in [-0.25, -0.2) is 17.6 Å². The minimum Gasteiger partial charge on any atom is -0.203 e. The number of hydrogen-bond donors (Lipinski definition) is 0. The third-order valence-electron chi connectivity index (χ3n) is 1.43. The lowest BCUT2D eigenvalue weighted by atomic mass is 10.2. The van der Waals surface area contributed by atoms with Crippen LogP contribution in [0.5, 0.6) is 0 Å². The molecule has 6 heteroatoms. The van der Waals surface area contributed by atoms with E-state index in [0.717, 1.165) is 0 Å². The van der Waals surface area contributed by atoms with Crippen LogP contribution in [-0.2, 0) is 5.33 Å². The van der Waals surface area contributed by atoms with E-state index in [9.17, 15) is 17.6 Å². The Morgan fingerprint density at radius 3 is 1.62 bits per heavy atom. The predicted octanol–water partition coefficient (Wildman–Crippen LogP) is 3.74. The molecular formula is C7H2BrF4I. The minimum atomic E-state index is -1.35. The van der Waals surface area contributed by atoms with E-state index in [1.807, 2.05) is 0 Å². The third-order valence-corrected chi connectivity index (χ3v) is 2.94. The Bertz CT molecular complexity index is 324. The zero-order valence-corrected chi connectivity index (χ0v) is 9.72. The molecule has 1 aromatic rings. The highest BCUT2D eigenvalue weighted by Crippen LogP contribution is 2.26. The zero-order valence-electron chi connectivity index (χ0n) is 5.97. The van der Waals surface area contributed by atoms with Crippen molar-refractivity contribution in [2.24, 2.45) is 0 Å². The fourth-order valence-electron chi connectivity index (χ4n) is 0.768. The van der Waals surface area contributed by atoms with Crippen LogP contribution in [0.2, 0.25) is 0 Å². The van der Waals surface area contributed by atoms with Gasteiger partial charge in [0, 0.05) is 10.9 Å².